The minimum absolute atomic E-state index is 0.164. The number of hydrogen-bond acceptors (Lipinski definition) is 3. The second-order valence-corrected chi connectivity index (χ2v) is 8.92. The fourth-order valence-corrected chi connectivity index (χ4v) is 3.53. The van der Waals surface area contributed by atoms with Gasteiger partial charge in [-0.05, 0) is 33.9 Å². The monoisotopic (exact) mass is 409 g/mol. The number of nitrogens with zero attached hydrogens (tertiary/aromatic N) is 1. The summed E-state index contributed by atoms with van der Waals surface area (Å²) in [6.45, 7) is 5.40. The maximum Gasteiger partial charge on any atom is 0.333 e. The first-order valence-corrected chi connectivity index (χ1v) is 12.6. The number of esters is 1. The second kappa shape index (κ2) is 21.9. The molecular formula is C26H51NO2. The summed E-state index contributed by atoms with van der Waals surface area (Å²) < 4.78 is 5.25. The van der Waals surface area contributed by atoms with Gasteiger partial charge in [-0.1, -0.05) is 109 Å². The number of likely N-dealkylation sites (N-methyl/N-ethyl adjacent to an activating group) is 1. The molecule has 0 fully saturated rings. The van der Waals surface area contributed by atoms with Gasteiger partial charge in [-0.15, -0.1) is 0 Å². The number of carbonyl (C=O) groups excluding carboxylic acids is 1. The fraction of sp³-hybridized carbons (Fsp3) is 0.885. The molecule has 172 valence electrons. The van der Waals surface area contributed by atoms with Crippen LogP contribution in [0.5, 0.6) is 0 Å². The minimum atomic E-state index is -0.164. The minimum Gasteiger partial charge on any atom is -0.461 e. The molecule has 3 heteroatoms. The molecule has 0 heterocycles. The van der Waals surface area contributed by atoms with Crippen LogP contribution >= 0.6 is 0 Å². The number of hydrogen-bond donors (Lipinski definition) is 0. The van der Waals surface area contributed by atoms with Gasteiger partial charge in [0, 0.05) is 12.1 Å². The summed E-state index contributed by atoms with van der Waals surface area (Å²) in [5.41, 5.74) is 0.754. The maximum absolute atomic E-state index is 11.8. The zero-order valence-corrected chi connectivity index (χ0v) is 20.3. The van der Waals surface area contributed by atoms with Crippen molar-refractivity contribution in [2.24, 2.45) is 0 Å². The van der Waals surface area contributed by atoms with E-state index in [9.17, 15) is 4.79 Å². The Balaban J connectivity index is 3.31. The van der Waals surface area contributed by atoms with Crippen molar-refractivity contribution in [1.29, 1.82) is 0 Å². The van der Waals surface area contributed by atoms with Crippen LogP contribution < -0.4 is 0 Å². The molecule has 0 aliphatic rings. The van der Waals surface area contributed by atoms with E-state index in [-0.39, 0.29) is 5.97 Å². The van der Waals surface area contributed by atoms with Crippen molar-refractivity contribution in [3.8, 4) is 0 Å². The lowest BCUT2D eigenvalue weighted by molar-refractivity contribution is -0.139. The molecule has 29 heavy (non-hydrogen) atoms. The normalized spacial score (nSPS) is 12.0. The fourth-order valence-electron chi connectivity index (χ4n) is 3.53. The van der Waals surface area contributed by atoms with Crippen molar-refractivity contribution in [2.75, 3.05) is 27.2 Å². The van der Waals surface area contributed by atoms with Gasteiger partial charge in [0.1, 0.15) is 6.61 Å². The van der Waals surface area contributed by atoms with Gasteiger partial charge in [-0.25, -0.2) is 4.79 Å². The number of rotatable bonds is 21. The molecule has 0 aromatic rings. The van der Waals surface area contributed by atoms with Crippen molar-refractivity contribution in [3.63, 3.8) is 0 Å². The van der Waals surface area contributed by atoms with Crippen LogP contribution in [0.15, 0.2) is 11.6 Å². The highest BCUT2D eigenvalue weighted by molar-refractivity contribution is 5.87. The molecule has 0 spiro atoms. The van der Waals surface area contributed by atoms with Crippen LogP contribution in [0.3, 0.4) is 0 Å². The Morgan fingerprint density at radius 1 is 0.724 bits per heavy atom. The zero-order valence-electron chi connectivity index (χ0n) is 20.3. The second-order valence-electron chi connectivity index (χ2n) is 8.92. The van der Waals surface area contributed by atoms with Crippen LogP contribution in [0.4, 0.5) is 0 Å². The average Bonchev–Trinajstić information content (AvgIpc) is 2.69. The SMILES string of the molecule is CCCCCCCCCCCCCCCCCCC=C(C)C(=O)OCCN(C)C. The van der Waals surface area contributed by atoms with E-state index in [1.165, 1.54) is 103 Å². The first-order chi connectivity index (χ1) is 14.1. The molecule has 0 unspecified atom stereocenters. The Labute approximate surface area is 182 Å². The van der Waals surface area contributed by atoms with E-state index in [4.69, 9.17) is 4.74 Å². The van der Waals surface area contributed by atoms with Crippen molar-refractivity contribution >= 4 is 5.97 Å². The third kappa shape index (κ3) is 21.7. The van der Waals surface area contributed by atoms with E-state index in [1.54, 1.807) is 0 Å². The molecule has 0 rings (SSSR count). The van der Waals surface area contributed by atoms with Crippen LogP contribution in [0.1, 0.15) is 123 Å². The van der Waals surface area contributed by atoms with Crippen molar-refractivity contribution in [1.82, 2.24) is 4.90 Å². The zero-order chi connectivity index (χ0) is 21.6. The predicted octanol–water partition coefficient (Wildman–Crippen LogP) is 7.69. The van der Waals surface area contributed by atoms with Crippen molar-refractivity contribution < 1.29 is 9.53 Å². The summed E-state index contributed by atoms with van der Waals surface area (Å²) >= 11 is 0. The van der Waals surface area contributed by atoms with Crippen molar-refractivity contribution in [3.05, 3.63) is 11.6 Å². The number of allylic oxidation sites excluding steroid dienone is 1. The summed E-state index contributed by atoms with van der Waals surface area (Å²) in [5, 5.41) is 0. The van der Waals surface area contributed by atoms with Gasteiger partial charge < -0.3 is 9.64 Å². The molecule has 0 aliphatic carbocycles. The third-order valence-electron chi connectivity index (χ3n) is 5.60. The topological polar surface area (TPSA) is 29.5 Å². The molecule has 0 amide bonds. The lowest BCUT2D eigenvalue weighted by Crippen LogP contribution is -2.20. The van der Waals surface area contributed by atoms with Crippen LogP contribution in [0.25, 0.3) is 0 Å². The van der Waals surface area contributed by atoms with Crippen molar-refractivity contribution in [2.45, 2.75) is 123 Å². The molecule has 0 aliphatic heterocycles. The lowest BCUT2D eigenvalue weighted by atomic mass is 10.0. The molecular weight excluding hydrogens is 358 g/mol. The molecule has 0 atom stereocenters. The predicted molar refractivity (Wildman–Crippen MR) is 127 cm³/mol. The average molecular weight is 410 g/mol. The highest BCUT2D eigenvalue weighted by Crippen LogP contribution is 2.14. The summed E-state index contributed by atoms with van der Waals surface area (Å²) in [6, 6.07) is 0. The first-order valence-electron chi connectivity index (χ1n) is 12.6. The van der Waals surface area contributed by atoms with Crippen LogP contribution in [0.2, 0.25) is 0 Å². The standard InChI is InChI=1S/C26H51NO2/c1-5-6-7-8-9-10-11-12-13-14-15-16-17-18-19-20-21-22-25(2)26(28)29-24-23-27(3)4/h22H,5-21,23-24H2,1-4H3. The Morgan fingerprint density at radius 2 is 1.14 bits per heavy atom. The summed E-state index contributed by atoms with van der Waals surface area (Å²) in [4.78, 5) is 13.8. The molecule has 0 bridgehead atoms. The van der Waals surface area contributed by atoms with Gasteiger partial charge in [-0.3, -0.25) is 0 Å². The molecule has 0 aromatic carbocycles. The van der Waals surface area contributed by atoms with Gasteiger partial charge in [0.15, 0.2) is 0 Å². The summed E-state index contributed by atoms with van der Waals surface area (Å²) in [7, 11) is 3.96. The molecule has 0 saturated heterocycles. The summed E-state index contributed by atoms with van der Waals surface area (Å²) in [6.07, 6.45) is 25.3. The Kier molecular flexibility index (Phi) is 21.2. The maximum atomic E-state index is 11.8. The Bertz CT molecular complexity index is 390. The molecule has 0 aromatic heterocycles. The quantitative estimate of drug-likeness (QED) is 0.110. The first kappa shape index (κ1) is 28.2. The van der Waals surface area contributed by atoms with E-state index < -0.39 is 0 Å². The Morgan fingerprint density at radius 3 is 1.55 bits per heavy atom. The van der Waals surface area contributed by atoms with Gasteiger partial charge in [-0.2, -0.15) is 0 Å². The van der Waals surface area contributed by atoms with Crippen LogP contribution in [0, 0.1) is 0 Å². The van der Waals surface area contributed by atoms with E-state index in [0.717, 1.165) is 18.5 Å². The van der Waals surface area contributed by atoms with Gasteiger partial charge in [0.2, 0.25) is 0 Å². The van der Waals surface area contributed by atoms with Gasteiger partial charge in [0.05, 0.1) is 0 Å². The van der Waals surface area contributed by atoms with Gasteiger partial charge in [0.25, 0.3) is 0 Å². The molecule has 3 nitrogen and oxygen atoms in total. The highest BCUT2D eigenvalue weighted by atomic mass is 16.5. The highest BCUT2D eigenvalue weighted by Gasteiger charge is 2.05. The number of unbranched alkanes of at least 4 members (excludes halogenated alkanes) is 16. The third-order valence-corrected chi connectivity index (χ3v) is 5.60. The van der Waals surface area contributed by atoms with E-state index in [2.05, 4.69) is 6.92 Å². The largest absolute Gasteiger partial charge is 0.461 e. The van der Waals surface area contributed by atoms with Gasteiger partial charge >= 0.3 is 5.97 Å². The van der Waals surface area contributed by atoms with E-state index >= 15 is 0 Å². The van der Waals surface area contributed by atoms with E-state index in [1.807, 2.05) is 32.0 Å². The lowest BCUT2D eigenvalue weighted by Gasteiger charge is -2.10. The molecule has 0 N–H and O–H groups in total. The number of carbonyl (C=O) groups is 1. The van der Waals surface area contributed by atoms with E-state index in [0.29, 0.717) is 6.61 Å². The molecule has 0 radical (unpaired) electrons. The molecule has 0 saturated carbocycles. The Hall–Kier alpha value is -0.830. The summed E-state index contributed by atoms with van der Waals surface area (Å²) in [5.74, 6) is -0.164. The van der Waals surface area contributed by atoms with Crippen LogP contribution in [-0.4, -0.2) is 38.1 Å². The number of ether oxygens (including phenoxy) is 1. The van der Waals surface area contributed by atoms with Crippen LogP contribution in [-0.2, 0) is 9.53 Å². The smallest absolute Gasteiger partial charge is 0.333 e.